The molecule has 29 heavy (non-hydrogen) atoms. The lowest BCUT2D eigenvalue weighted by molar-refractivity contribution is -0.384. The van der Waals surface area contributed by atoms with E-state index in [2.05, 4.69) is 10.2 Å². The Morgan fingerprint density at radius 1 is 1.31 bits per heavy atom. The van der Waals surface area contributed by atoms with Gasteiger partial charge in [-0.2, -0.15) is 0 Å². The number of nitrogens with one attached hydrogen (secondary N) is 1. The van der Waals surface area contributed by atoms with Crippen molar-refractivity contribution in [2.75, 3.05) is 25.0 Å². The first-order chi connectivity index (χ1) is 14.0. The number of ether oxygens (including phenoxy) is 1. The Bertz CT molecular complexity index is 1020. The molecule has 2 aliphatic rings. The van der Waals surface area contributed by atoms with Crippen molar-refractivity contribution >= 4 is 28.7 Å². The van der Waals surface area contributed by atoms with Crippen molar-refractivity contribution in [3.63, 3.8) is 0 Å². The van der Waals surface area contributed by atoms with Crippen LogP contribution < -0.4 is 15.6 Å². The van der Waals surface area contributed by atoms with Crippen molar-refractivity contribution in [2.45, 2.75) is 25.8 Å². The summed E-state index contributed by atoms with van der Waals surface area (Å²) in [5.74, 6) is 0.980. The first-order valence-electron chi connectivity index (χ1n) is 9.63. The van der Waals surface area contributed by atoms with Gasteiger partial charge in [-0.3, -0.25) is 14.9 Å². The smallest absolute Gasteiger partial charge is 0.296 e. The predicted octanol–water partition coefficient (Wildman–Crippen LogP) is 2.97. The number of pyridine rings is 1. The van der Waals surface area contributed by atoms with Crippen molar-refractivity contribution in [3.05, 3.63) is 62.6 Å². The number of benzene rings is 1. The minimum absolute atomic E-state index is 0.0383. The standard InChI is InChI=1S/C20H22N4O4S/c1-2-28-15-6-7-16(18(9-15)24(26)27)21-20(29)22-10-13-8-14(12-22)17-4-3-5-19(25)23(17)11-13/h3-7,9,13-14H,2,8,10-12H2,1H3,(H,21,29). The van der Waals surface area contributed by atoms with E-state index in [9.17, 15) is 14.9 Å². The van der Waals surface area contributed by atoms with Gasteiger partial charge in [-0.05, 0) is 49.7 Å². The molecule has 0 spiro atoms. The molecule has 8 nitrogen and oxygen atoms in total. The van der Waals surface area contributed by atoms with Crippen LogP contribution >= 0.6 is 12.2 Å². The van der Waals surface area contributed by atoms with Crippen molar-refractivity contribution < 1.29 is 9.66 Å². The minimum atomic E-state index is -0.443. The highest BCUT2D eigenvalue weighted by atomic mass is 32.1. The van der Waals surface area contributed by atoms with E-state index in [4.69, 9.17) is 17.0 Å². The summed E-state index contributed by atoms with van der Waals surface area (Å²) in [5, 5.41) is 15.0. The third kappa shape index (κ3) is 3.82. The molecule has 2 aromatic rings. The number of hydrogen-bond acceptors (Lipinski definition) is 5. The number of piperidine rings is 1. The summed E-state index contributed by atoms with van der Waals surface area (Å²) in [5.41, 5.74) is 1.34. The Morgan fingerprint density at radius 3 is 2.90 bits per heavy atom. The fourth-order valence-corrected chi connectivity index (χ4v) is 4.54. The van der Waals surface area contributed by atoms with Crippen molar-refractivity contribution in [1.29, 1.82) is 0 Å². The van der Waals surface area contributed by atoms with Crippen LogP contribution in [0.25, 0.3) is 0 Å². The Balaban J connectivity index is 1.53. The van der Waals surface area contributed by atoms with Crippen LogP contribution in [0.2, 0.25) is 0 Å². The summed E-state index contributed by atoms with van der Waals surface area (Å²) in [6.07, 6.45) is 1.02. The van der Waals surface area contributed by atoms with E-state index in [-0.39, 0.29) is 17.2 Å². The molecule has 152 valence electrons. The largest absolute Gasteiger partial charge is 0.494 e. The van der Waals surface area contributed by atoms with Gasteiger partial charge in [0.15, 0.2) is 5.11 Å². The van der Waals surface area contributed by atoms with Crippen LogP contribution in [-0.2, 0) is 6.54 Å². The average Bonchev–Trinajstić information content (AvgIpc) is 2.70. The highest BCUT2D eigenvalue weighted by Gasteiger charge is 2.35. The third-order valence-corrected chi connectivity index (χ3v) is 5.85. The van der Waals surface area contributed by atoms with Crippen LogP contribution in [0.1, 0.15) is 25.0 Å². The number of nitro groups is 1. The van der Waals surface area contributed by atoms with E-state index < -0.39 is 4.92 Å². The Kier molecular flexibility index (Phi) is 5.23. The van der Waals surface area contributed by atoms with Gasteiger partial charge in [0.1, 0.15) is 11.4 Å². The van der Waals surface area contributed by atoms with Gasteiger partial charge in [-0.25, -0.2) is 0 Å². The van der Waals surface area contributed by atoms with E-state index >= 15 is 0 Å². The van der Waals surface area contributed by atoms with E-state index in [0.717, 1.165) is 12.1 Å². The number of hydrogen-bond donors (Lipinski definition) is 1. The molecule has 3 heterocycles. The molecule has 2 unspecified atom stereocenters. The fraction of sp³-hybridized carbons (Fsp3) is 0.400. The zero-order chi connectivity index (χ0) is 20.5. The van der Waals surface area contributed by atoms with Gasteiger partial charge in [0.25, 0.3) is 11.2 Å². The zero-order valence-electron chi connectivity index (χ0n) is 16.0. The molecule has 2 atom stereocenters. The lowest BCUT2D eigenvalue weighted by Crippen LogP contribution is -2.50. The first-order valence-corrected chi connectivity index (χ1v) is 10.0. The number of nitrogens with zero attached hydrogens (tertiary/aromatic N) is 3. The summed E-state index contributed by atoms with van der Waals surface area (Å²) in [6, 6.07) is 10.1. The van der Waals surface area contributed by atoms with Crippen molar-refractivity contribution in [2.24, 2.45) is 5.92 Å². The highest BCUT2D eigenvalue weighted by Crippen LogP contribution is 2.36. The first kappa shape index (κ1) is 19.4. The zero-order valence-corrected chi connectivity index (χ0v) is 16.9. The monoisotopic (exact) mass is 414 g/mol. The number of nitro benzene ring substituents is 1. The Morgan fingerprint density at radius 2 is 2.14 bits per heavy atom. The SMILES string of the molecule is CCOc1ccc(NC(=S)N2CC3CC(C2)c2cccc(=O)n2C3)c([N+](=O)[O-])c1. The molecule has 0 amide bonds. The summed E-state index contributed by atoms with van der Waals surface area (Å²) >= 11 is 5.58. The van der Waals surface area contributed by atoms with Gasteiger partial charge in [-0.1, -0.05) is 6.07 Å². The number of thiocarbonyl (C=S) groups is 1. The number of rotatable bonds is 4. The van der Waals surface area contributed by atoms with Crippen LogP contribution in [0.15, 0.2) is 41.2 Å². The van der Waals surface area contributed by atoms with E-state index in [0.29, 0.717) is 48.7 Å². The summed E-state index contributed by atoms with van der Waals surface area (Å²) in [4.78, 5) is 25.3. The number of anilines is 1. The van der Waals surface area contributed by atoms with E-state index in [1.165, 1.54) is 6.07 Å². The molecule has 2 bridgehead atoms. The van der Waals surface area contributed by atoms with Crippen LogP contribution in [-0.4, -0.2) is 39.2 Å². The second-order valence-electron chi connectivity index (χ2n) is 7.40. The highest BCUT2D eigenvalue weighted by molar-refractivity contribution is 7.80. The van der Waals surface area contributed by atoms with E-state index in [1.54, 1.807) is 24.3 Å². The van der Waals surface area contributed by atoms with Gasteiger partial charge >= 0.3 is 0 Å². The number of fused-ring (bicyclic) bond motifs is 4. The predicted molar refractivity (Wildman–Crippen MR) is 114 cm³/mol. The van der Waals surface area contributed by atoms with Crippen LogP contribution in [0.3, 0.4) is 0 Å². The van der Waals surface area contributed by atoms with Crippen molar-refractivity contribution in [1.82, 2.24) is 9.47 Å². The van der Waals surface area contributed by atoms with Crippen LogP contribution in [0.5, 0.6) is 5.75 Å². The lowest BCUT2D eigenvalue weighted by Gasteiger charge is -2.43. The molecular weight excluding hydrogens is 392 g/mol. The maximum Gasteiger partial charge on any atom is 0.296 e. The maximum atomic E-state index is 12.2. The normalized spacial score (nSPS) is 20.0. The molecule has 1 saturated heterocycles. The quantitative estimate of drug-likeness (QED) is 0.467. The van der Waals surface area contributed by atoms with Gasteiger partial charge in [0, 0.05) is 37.3 Å². The van der Waals surface area contributed by atoms with Gasteiger partial charge in [0.2, 0.25) is 0 Å². The summed E-state index contributed by atoms with van der Waals surface area (Å²) in [6.45, 7) is 4.33. The lowest BCUT2D eigenvalue weighted by atomic mass is 9.83. The summed E-state index contributed by atoms with van der Waals surface area (Å²) in [7, 11) is 0. The number of likely N-dealkylation sites (tertiary alicyclic amines) is 1. The van der Waals surface area contributed by atoms with Crippen molar-refractivity contribution in [3.8, 4) is 5.75 Å². The second-order valence-corrected chi connectivity index (χ2v) is 7.79. The Labute approximate surface area is 173 Å². The van der Waals surface area contributed by atoms with Gasteiger partial charge < -0.3 is 19.5 Å². The fourth-order valence-electron chi connectivity index (χ4n) is 4.28. The summed E-state index contributed by atoms with van der Waals surface area (Å²) < 4.78 is 7.23. The third-order valence-electron chi connectivity index (χ3n) is 5.49. The molecular formula is C20H22N4O4S. The van der Waals surface area contributed by atoms with Crippen LogP contribution in [0, 0.1) is 16.0 Å². The molecule has 0 saturated carbocycles. The molecule has 4 rings (SSSR count). The van der Waals surface area contributed by atoms with E-state index in [1.807, 2.05) is 17.6 Å². The molecule has 1 N–H and O–H groups in total. The number of aromatic nitrogens is 1. The molecule has 0 aliphatic carbocycles. The molecule has 1 aromatic heterocycles. The maximum absolute atomic E-state index is 12.2. The van der Waals surface area contributed by atoms with Gasteiger partial charge in [0.05, 0.1) is 17.6 Å². The molecule has 9 heteroatoms. The second kappa shape index (κ2) is 7.82. The average molecular weight is 414 g/mol. The molecule has 1 aromatic carbocycles. The molecule has 2 aliphatic heterocycles. The molecule has 0 radical (unpaired) electrons. The molecule has 1 fully saturated rings. The van der Waals surface area contributed by atoms with Gasteiger partial charge in [-0.15, -0.1) is 0 Å². The topological polar surface area (TPSA) is 89.6 Å². The van der Waals surface area contributed by atoms with Crippen LogP contribution in [0.4, 0.5) is 11.4 Å². The minimum Gasteiger partial charge on any atom is -0.494 e. The Hall–Kier alpha value is -2.94.